The molecule has 0 aliphatic carbocycles. The normalized spacial score (nSPS) is 12.5. The molecule has 0 aliphatic heterocycles. The first kappa shape index (κ1) is 30.1. The van der Waals surface area contributed by atoms with Gasteiger partial charge in [0.1, 0.15) is 6.10 Å². The fourth-order valence-corrected chi connectivity index (χ4v) is 4.81. The van der Waals surface area contributed by atoms with Gasteiger partial charge in [0.15, 0.2) is 0 Å². The Balaban J connectivity index is 2.51. The fourth-order valence-electron chi connectivity index (χ4n) is 3.89. The number of ether oxygens (including phenoxy) is 2. The van der Waals surface area contributed by atoms with Crippen LogP contribution in [0.5, 0.6) is 0 Å². The molecule has 0 saturated heterocycles. The lowest BCUT2D eigenvalue weighted by Gasteiger charge is -2.22. The standard InChI is InChI=1S/C26H43NO6S/c1-5-7-8-9-10-14-25(33-22(3)28)15-12-21-27(34(4,30)31)20-11-13-23-16-18-24(19-17-23)26(29)32-6-2/h16-19,25H,5-15,20-21H2,1-4H3. The van der Waals surface area contributed by atoms with Crippen molar-refractivity contribution in [1.82, 2.24) is 4.31 Å². The summed E-state index contributed by atoms with van der Waals surface area (Å²) in [4.78, 5) is 23.2. The summed E-state index contributed by atoms with van der Waals surface area (Å²) >= 11 is 0. The molecule has 1 unspecified atom stereocenters. The van der Waals surface area contributed by atoms with Crippen LogP contribution in [-0.2, 0) is 30.7 Å². The minimum Gasteiger partial charge on any atom is -0.463 e. The molecule has 0 spiro atoms. The largest absolute Gasteiger partial charge is 0.463 e. The monoisotopic (exact) mass is 497 g/mol. The van der Waals surface area contributed by atoms with Crippen LogP contribution in [0, 0.1) is 0 Å². The maximum Gasteiger partial charge on any atom is 0.338 e. The zero-order valence-electron chi connectivity index (χ0n) is 21.4. The maximum absolute atomic E-state index is 12.3. The third-order valence-electron chi connectivity index (χ3n) is 5.70. The van der Waals surface area contributed by atoms with Crippen LogP contribution in [0.15, 0.2) is 24.3 Å². The van der Waals surface area contributed by atoms with E-state index in [0.29, 0.717) is 50.9 Å². The molecule has 0 fully saturated rings. The zero-order chi connectivity index (χ0) is 25.4. The van der Waals surface area contributed by atoms with Gasteiger partial charge in [-0.25, -0.2) is 17.5 Å². The molecule has 1 aromatic carbocycles. The Labute approximate surface area is 206 Å². The Hall–Kier alpha value is -1.93. The van der Waals surface area contributed by atoms with Crippen molar-refractivity contribution in [1.29, 1.82) is 0 Å². The van der Waals surface area contributed by atoms with E-state index in [9.17, 15) is 18.0 Å². The Morgan fingerprint density at radius 1 is 0.912 bits per heavy atom. The minimum absolute atomic E-state index is 0.154. The van der Waals surface area contributed by atoms with Gasteiger partial charge in [0.25, 0.3) is 0 Å². The van der Waals surface area contributed by atoms with E-state index in [0.717, 1.165) is 24.8 Å². The Morgan fingerprint density at radius 3 is 2.12 bits per heavy atom. The first-order valence-corrected chi connectivity index (χ1v) is 14.4. The molecule has 0 aromatic heterocycles. The van der Waals surface area contributed by atoms with Crippen LogP contribution in [0.1, 0.15) is 94.5 Å². The molecule has 0 N–H and O–H groups in total. The summed E-state index contributed by atoms with van der Waals surface area (Å²) in [5.41, 5.74) is 1.55. The van der Waals surface area contributed by atoms with Crippen molar-refractivity contribution in [2.75, 3.05) is 26.0 Å². The van der Waals surface area contributed by atoms with E-state index in [-0.39, 0.29) is 18.0 Å². The molecule has 0 radical (unpaired) electrons. The van der Waals surface area contributed by atoms with Crippen LogP contribution in [0.25, 0.3) is 0 Å². The van der Waals surface area contributed by atoms with Crippen molar-refractivity contribution in [2.24, 2.45) is 0 Å². The molecule has 1 aromatic rings. The van der Waals surface area contributed by atoms with Crippen LogP contribution in [0.2, 0.25) is 0 Å². The average Bonchev–Trinajstić information content (AvgIpc) is 2.77. The number of benzene rings is 1. The second-order valence-corrected chi connectivity index (χ2v) is 10.7. The molecule has 0 heterocycles. The average molecular weight is 498 g/mol. The third-order valence-corrected chi connectivity index (χ3v) is 7.01. The van der Waals surface area contributed by atoms with Crippen molar-refractivity contribution in [3.05, 3.63) is 35.4 Å². The van der Waals surface area contributed by atoms with Crippen LogP contribution in [0.3, 0.4) is 0 Å². The van der Waals surface area contributed by atoms with E-state index in [1.54, 1.807) is 19.1 Å². The SMILES string of the molecule is CCCCCCCC(CCCN(CCCc1ccc(C(=O)OCC)cc1)S(C)(=O)=O)OC(C)=O. The van der Waals surface area contributed by atoms with Crippen molar-refractivity contribution in [3.63, 3.8) is 0 Å². The number of rotatable bonds is 18. The number of nitrogens with zero attached hydrogens (tertiary/aromatic N) is 1. The van der Waals surface area contributed by atoms with E-state index in [1.807, 2.05) is 12.1 Å². The number of hydrogen-bond donors (Lipinski definition) is 0. The lowest BCUT2D eigenvalue weighted by atomic mass is 10.0. The van der Waals surface area contributed by atoms with Gasteiger partial charge in [0.05, 0.1) is 18.4 Å². The van der Waals surface area contributed by atoms with Gasteiger partial charge in [-0.05, 0) is 63.1 Å². The predicted molar refractivity (Wildman–Crippen MR) is 135 cm³/mol. The summed E-state index contributed by atoms with van der Waals surface area (Å²) in [5, 5.41) is 0. The summed E-state index contributed by atoms with van der Waals surface area (Å²) in [6.07, 6.45) is 10.3. The highest BCUT2D eigenvalue weighted by atomic mass is 32.2. The first-order chi connectivity index (χ1) is 16.2. The maximum atomic E-state index is 12.3. The van der Waals surface area contributed by atoms with E-state index < -0.39 is 10.0 Å². The molecule has 7 nitrogen and oxygen atoms in total. The Morgan fingerprint density at radius 2 is 1.53 bits per heavy atom. The number of carbonyl (C=O) groups is 2. The van der Waals surface area contributed by atoms with Gasteiger partial charge in [-0.1, -0.05) is 44.7 Å². The summed E-state index contributed by atoms with van der Waals surface area (Å²) < 4.78 is 36.5. The summed E-state index contributed by atoms with van der Waals surface area (Å²) in [5.74, 6) is -0.627. The molecule has 1 rings (SSSR count). The number of esters is 2. The lowest BCUT2D eigenvalue weighted by molar-refractivity contribution is -0.147. The highest BCUT2D eigenvalue weighted by molar-refractivity contribution is 7.88. The summed E-state index contributed by atoms with van der Waals surface area (Å²) in [6.45, 7) is 6.54. The predicted octanol–water partition coefficient (Wildman–Crippen LogP) is 5.13. The van der Waals surface area contributed by atoms with Crippen molar-refractivity contribution in [3.8, 4) is 0 Å². The van der Waals surface area contributed by atoms with E-state index in [2.05, 4.69) is 6.92 Å². The number of carbonyl (C=O) groups excluding carboxylic acids is 2. The van der Waals surface area contributed by atoms with Crippen molar-refractivity contribution in [2.45, 2.75) is 91.1 Å². The second kappa shape index (κ2) is 16.7. The van der Waals surface area contributed by atoms with Crippen LogP contribution in [-0.4, -0.2) is 56.7 Å². The molecule has 194 valence electrons. The van der Waals surface area contributed by atoms with Gasteiger partial charge >= 0.3 is 11.9 Å². The molecule has 34 heavy (non-hydrogen) atoms. The quantitative estimate of drug-likeness (QED) is 0.206. The number of sulfonamides is 1. The number of aryl methyl sites for hydroxylation is 1. The van der Waals surface area contributed by atoms with Crippen LogP contribution < -0.4 is 0 Å². The van der Waals surface area contributed by atoms with Gasteiger partial charge in [-0.3, -0.25) is 4.79 Å². The molecule has 0 bridgehead atoms. The Kier molecular flexibility index (Phi) is 14.7. The molecule has 0 saturated carbocycles. The fraction of sp³-hybridized carbons (Fsp3) is 0.692. The van der Waals surface area contributed by atoms with E-state index in [4.69, 9.17) is 9.47 Å². The molecule has 8 heteroatoms. The lowest BCUT2D eigenvalue weighted by Crippen LogP contribution is -2.33. The molecule has 0 amide bonds. The molecular weight excluding hydrogens is 454 g/mol. The van der Waals surface area contributed by atoms with Crippen LogP contribution >= 0.6 is 0 Å². The first-order valence-electron chi connectivity index (χ1n) is 12.6. The second-order valence-electron chi connectivity index (χ2n) is 8.76. The smallest absolute Gasteiger partial charge is 0.338 e. The van der Waals surface area contributed by atoms with Gasteiger partial charge < -0.3 is 9.47 Å². The van der Waals surface area contributed by atoms with E-state index in [1.165, 1.54) is 36.7 Å². The molecular formula is C26H43NO6S. The Bertz CT molecular complexity index is 822. The van der Waals surface area contributed by atoms with Gasteiger partial charge in [-0.15, -0.1) is 0 Å². The number of unbranched alkanes of at least 4 members (excludes halogenated alkanes) is 4. The molecule has 0 aliphatic rings. The molecule has 1 atom stereocenters. The third kappa shape index (κ3) is 13.1. The van der Waals surface area contributed by atoms with Gasteiger partial charge in [0, 0.05) is 20.0 Å². The van der Waals surface area contributed by atoms with E-state index >= 15 is 0 Å². The van der Waals surface area contributed by atoms with Gasteiger partial charge in [0.2, 0.25) is 10.0 Å². The summed E-state index contributed by atoms with van der Waals surface area (Å²) in [7, 11) is -3.33. The highest BCUT2D eigenvalue weighted by Gasteiger charge is 2.18. The minimum atomic E-state index is -3.33. The summed E-state index contributed by atoms with van der Waals surface area (Å²) in [6, 6.07) is 7.22. The number of hydrogen-bond acceptors (Lipinski definition) is 6. The van der Waals surface area contributed by atoms with Crippen molar-refractivity contribution >= 4 is 22.0 Å². The van der Waals surface area contributed by atoms with Crippen molar-refractivity contribution < 1.29 is 27.5 Å². The van der Waals surface area contributed by atoms with Crippen LogP contribution in [0.4, 0.5) is 0 Å². The topological polar surface area (TPSA) is 90.0 Å². The zero-order valence-corrected chi connectivity index (χ0v) is 22.2. The van der Waals surface area contributed by atoms with Gasteiger partial charge in [-0.2, -0.15) is 0 Å². The highest BCUT2D eigenvalue weighted by Crippen LogP contribution is 2.16.